The number of aliphatic hydroxyl groups excluding tert-OH is 1. The summed E-state index contributed by atoms with van der Waals surface area (Å²) in [6.45, 7) is 0.0427. The third kappa shape index (κ3) is 8.09. The zero-order chi connectivity index (χ0) is 28.2. The molecule has 0 aliphatic rings. The number of hydrogen-bond donors (Lipinski definition) is 3. The lowest BCUT2D eigenvalue weighted by Crippen LogP contribution is -2.31. The first-order chi connectivity index (χ1) is 19.5. The number of carbonyl (C=O) groups excluding carboxylic acids is 1. The predicted molar refractivity (Wildman–Crippen MR) is 153 cm³/mol. The first-order valence-corrected chi connectivity index (χ1v) is 12.9. The van der Waals surface area contributed by atoms with Gasteiger partial charge in [-0.15, -0.1) is 0 Å². The number of nitrogens with one attached hydrogen (secondary N) is 1. The van der Waals surface area contributed by atoms with Crippen LogP contribution in [0.5, 0.6) is 11.5 Å². The molecule has 0 spiro atoms. The van der Waals surface area contributed by atoms with Gasteiger partial charge in [-0.05, 0) is 54.1 Å². The molecule has 1 amide bonds. The second kappa shape index (κ2) is 14.4. The van der Waals surface area contributed by atoms with Crippen LogP contribution in [0.4, 0.5) is 10.5 Å². The maximum Gasteiger partial charge on any atom is 0.412 e. The van der Waals surface area contributed by atoms with E-state index in [9.17, 15) is 9.59 Å². The van der Waals surface area contributed by atoms with Crippen LogP contribution in [0.2, 0.25) is 0 Å². The molecule has 2 atom stereocenters. The Morgan fingerprint density at radius 1 is 0.850 bits per heavy atom. The molecule has 0 bridgehead atoms. The summed E-state index contributed by atoms with van der Waals surface area (Å²) in [5.74, 6) is 0.101. The van der Waals surface area contributed by atoms with Crippen molar-refractivity contribution in [3.8, 4) is 11.5 Å². The second-order valence-electron chi connectivity index (χ2n) is 8.91. The summed E-state index contributed by atoms with van der Waals surface area (Å²) in [6, 6.07) is 29.5. The Morgan fingerprint density at radius 3 is 2.33 bits per heavy atom. The van der Waals surface area contributed by atoms with Gasteiger partial charge in [0.25, 0.3) is 0 Å². The van der Waals surface area contributed by atoms with Crippen molar-refractivity contribution in [1.82, 2.24) is 0 Å². The molecule has 3 N–H and O–H groups in total. The molecule has 0 heterocycles. The summed E-state index contributed by atoms with van der Waals surface area (Å²) >= 11 is 0. The SMILES string of the molecule is O=C(O)/C=C/CC[C@H](Oc1ccccc1)[C@@H](OC(=O)Nc1cccc2ccccc12)c1ccc(OCCO)cc1. The van der Waals surface area contributed by atoms with Crippen LogP contribution in [0, 0.1) is 0 Å². The zero-order valence-corrected chi connectivity index (χ0v) is 21.8. The number of carbonyl (C=O) groups is 2. The maximum absolute atomic E-state index is 13.3. The van der Waals surface area contributed by atoms with Gasteiger partial charge in [0.15, 0.2) is 6.10 Å². The summed E-state index contributed by atoms with van der Waals surface area (Å²) in [5.41, 5.74) is 1.27. The number of aliphatic hydroxyl groups is 1. The van der Waals surface area contributed by atoms with Crippen LogP contribution in [0.1, 0.15) is 24.5 Å². The fourth-order valence-corrected chi connectivity index (χ4v) is 4.26. The second-order valence-corrected chi connectivity index (χ2v) is 8.91. The standard InChI is InChI=1S/C32H31NO7/c34-21-22-38-25-19-17-24(18-20-25)31(29(15-6-7-16-30(35)36)39-26-11-2-1-3-12-26)40-32(37)33-28-14-8-10-23-9-4-5-13-27(23)28/h1-5,7-14,16-20,29,31,34H,6,15,21-22H2,(H,33,37)(H,35,36)/b16-7+/t29-,31-/m0/s1. The largest absolute Gasteiger partial charge is 0.491 e. The van der Waals surface area contributed by atoms with Crippen LogP contribution in [-0.4, -0.2) is 41.6 Å². The number of para-hydroxylation sites is 1. The molecule has 0 unspecified atom stereocenters. The molecule has 40 heavy (non-hydrogen) atoms. The van der Waals surface area contributed by atoms with E-state index < -0.39 is 24.3 Å². The third-order valence-electron chi connectivity index (χ3n) is 6.08. The molecule has 8 heteroatoms. The number of hydrogen-bond acceptors (Lipinski definition) is 6. The number of benzene rings is 4. The predicted octanol–water partition coefficient (Wildman–Crippen LogP) is 6.37. The minimum absolute atomic E-state index is 0.112. The Bertz CT molecular complexity index is 1420. The van der Waals surface area contributed by atoms with Gasteiger partial charge in [-0.25, -0.2) is 9.59 Å². The summed E-state index contributed by atoms with van der Waals surface area (Å²) < 4.78 is 17.8. The fraction of sp³-hybridized carbons (Fsp3) is 0.188. The van der Waals surface area contributed by atoms with Crippen LogP contribution >= 0.6 is 0 Å². The lowest BCUT2D eigenvalue weighted by Gasteiger charge is -2.28. The molecule has 4 aromatic rings. The van der Waals surface area contributed by atoms with Crippen molar-refractivity contribution in [3.05, 3.63) is 115 Å². The van der Waals surface area contributed by atoms with E-state index in [2.05, 4.69) is 5.32 Å². The summed E-state index contributed by atoms with van der Waals surface area (Å²) in [5, 5.41) is 22.8. The normalized spacial score (nSPS) is 12.5. The molecule has 4 aromatic carbocycles. The van der Waals surface area contributed by atoms with Crippen molar-refractivity contribution < 1.29 is 34.0 Å². The van der Waals surface area contributed by atoms with Gasteiger partial charge in [0.1, 0.15) is 24.2 Å². The van der Waals surface area contributed by atoms with Gasteiger partial charge >= 0.3 is 12.1 Å². The van der Waals surface area contributed by atoms with E-state index in [-0.39, 0.29) is 13.2 Å². The fourth-order valence-electron chi connectivity index (χ4n) is 4.26. The molecule has 0 fully saturated rings. The average Bonchev–Trinajstić information content (AvgIpc) is 2.97. The van der Waals surface area contributed by atoms with E-state index in [1.165, 1.54) is 0 Å². The highest BCUT2D eigenvalue weighted by Crippen LogP contribution is 2.31. The zero-order valence-electron chi connectivity index (χ0n) is 21.8. The number of aliphatic carboxylic acids is 1. The van der Waals surface area contributed by atoms with E-state index in [1.54, 1.807) is 48.5 Å². The lowest BCUT2D eigenvalue weighted by molar-refractivity contribution is -0.131. The molecule has 0 saturated heterocycles. The Kier molecular flexibility index (Phi) is 10.1. The third-order valence-corrected chi connectivity index (χ3v) is 6.08. The lowest BCUT2D eigenvalue weighted by atomic mass is 10.00. The van der Waals surface area contributed by atoms with Crippen molar-refractivity contribution in [1.29, 1.82) is 0 Å². The quantitative estimate of drug-likeness (QED) is 0.169. The monoisotopic (exact) mass is 541 g/mol. The van der Waals surface area contributed by atoms with Gasteiger partial charge in [0, 0.05) is 11.5 Å². The Morgan fingerprint density at radius 2 is 1.57 bits per heavy atom. The number of ether oxygens (including phenoxy) is 3. The van der Waals surface area contributed by atoms with Crippen molar-refractivity contribution >= 4 is 28.5 Å². The Balaban J connectivity index is 1.63. The molecule has 0 aliphatic heterocycles. The first-order valence-electron chi connectivity index (χ1n) is 12.9. The first kappa shape index (κ1) is 28.2. The minimum atomic E-state index is -1.04. The molecule has 0 aliphatic carbocycles. The Labute approximate surface area is 232 Å². The van der Waals surface area contributed by atoms with Gasteiger partial charge in [0.05, 0.1) is 12.3 Å². The number of anilines is 1. The van der Waals surface area contributed by atoms with E-state index in [4.69, 9.17) is 24.4 Å². The molecule has 0 saturated carbocycles. The summed E-state index contributed by atoms with van der Waals surface area (Å²) in [7, 11) is 0. The van der Waals surface area contributed by atoms with Gasteiger partial charge < -0.3 is 24.4 Å². The van der Waals surface area contributed by atoms with Crippen molar-refractivity contribution in [3.63, 3.8) is 0 Å². The van der Waals surface area contributed by atoms with Crippen molar-refractivity contribution in [2.24, 2.45) is 0 Å². The molecule has 8 nitrogen and oxygen atoms in total. The van der Waals surface area contributed by atoms with E-state index in [0.29, 0.717) is 35.6 Å². The van der Waals surface area contributed by atoms with Crippen LogP contribution in [0.25, 0.3) is 10.8 Å². The molecule has 0 radical (unpaired) electrons. The summed E-state index contributed by atoms with van der Waals surface area (Å²) in [4.78, 5) is 24.3. The number of allylic oxidation sites excluding steroid dienone is 1. The molecule has 206 valence electrons. The number of fused-ring (bicyclic) bond motifs is 1. The van der Waals surface area contributed by atoms with Crippen LogP contribution < -0.4 is 14.8 Å². The molecule has 0 aromatic heterocycles. The number of rotatable bonds is 13. The number of carboxylic acids is 1. The maximum atomic E-state index is 13.3. The van der Waals surface area contributed by atoms with Gasteiger partial charge in [-0.3, -0.25) is 5.32 Å². The molecule has 4 rings (SSSR count). The van der Waals surface area contributed by atoms with Gasteiger partial charge in [0.2, 0.25) is 0 Å². The number of amides is 1. The number of carboxylic acid groups (broad SMARTS) is 1. The average molecular weight is 542 g/mol. The highest BCUT2D eigenvalue weighted by Gasteiger charge is 2.29. The Hall–Kier alpha value is -4.82. The van der Waals surface area contributed by atoms with Crippen LogP contribution in [0.15, 0.2) is 109 Å². The van der Waals surface area contributed by atoms with Crippen LogP contribution in [0.3, 0.4) is 0 Å². The smallest absolute Gasteiger partial charge is 0.412 e. The summed E-state index contributed by atoms with van der Waals surface area (Å²) in [6.07, 6.45) is 1.21. The highest BCUT2D eigenvalue weighted by atomic mass is 16.6. The van der Waals surface area contributed by atoms with Gasteiger partial charge in [-0.2, -0.15) is 0 Å². The minimum Gasteiger partial charge on any atom is -0.491 e. The van der Waals surface area contributed by atoms with E-state index >= 15 is 0 Å². The van der Waals surface area contributed by atoms with E-state index in [0.717, 1.165) is 16.8 Å². The van der Waals surface area contributed by atoms with E-state index in [1.807, 2.05) is 54.6 Å². The van der Waals surface area contributed by atoms with Crippen LogP contribution in [-0.2, 0) is 9.53 Å². The van der Waals surface area contributed by atoms with Crippen molar-refractivity contribution in [2.45, 2.75) is 25.0 Å². The van der Waals surface area contributed by atoms with Gasteiger partial charge in [-0.1, -0.05) is 72.8 Å². The highest BCUT2D eigenvalue weighted by molar-refractivity contribution is 6.00. The van der Waals surface area contributed by atoms with Crippen molar-refractivity contribution in [2.75, 3.05) is 18.5 Å². The molecular formula is C32H31NO7. The topological polar surface area (TPSA) is 114 Å². The molecular weight excluding hydrogens is 510 g/mol.